The van der Waals surface area contributed by atoms with Crippen molar-refractivity contribution in [2.45, 2.75) is 45.6 Å². The first kappa shape index (κ1) is 14.1. The summed E-state index contributed by atoms with van der Waals surface area (Å²) in [7, 11) is 0. The highest BCUT2D eigenvalue weighted by Gasteiger charge is 2.55. The number of halogens is 1. The van der Waals surface area contributed by atoms with Gasteiger partial charge in [-0.25, -0.2) is 0 Å². The van der Waals surface area contributed by atoms with Crippen molar-refractivity contribution in [1.82, 2.24) is 4.90 Å². The van der Waals surface area contributed by atoms with Crippen molar-refractivity contribution in [2.75, 3.05) is 13.1 Å². The summed E-state index contributed by atoms with van der Waals surface area (Å²) in [5, 5.41) is 0. The van der Waals surface area contributed by atoms with Crippen LogP contribution in [-0.2, 0) is 4.79 Å². The maximum Gasteiger partial charge on any atom is 0.226 e. The van der Waals surface area contributed by atoms with E-state index in [0.29, 0.717) is 35.1 Å². The van der Waals surface area contributed by atoms with Crippen LogP contribution in [-0.4, -0.2) is 29.9 Å². The summed E-state index contributed by atoms with van der Waals surface area (Å²) in [6, 6.07) is 0.342. The highest BCUT2D eigenvalue weighted by atomic mass is 35.5. The largest absolute Gasteiger partial charge is 0.342 e. The molecule has 3 nitrogen and oxygen atoms in total. The quantitative estimate of drug-likeness (QED) is 0.836. The van der Waals surface area contributed by atoms with Gasteiger partial charge in [0.05, 0.1) is 0 Å². The van der Waals surface area contributed by atoms with Gasteiger partial charge >= 0.3 is 0 Å². The maximum atomic E-state index is 12.4. The highest BCUT2D eigenvalue weighted by Crippen LogP contribution is 2.56. The molecule has 5 atom stereocenters. The molecule has 2 N–H and O–H groups in total. The molecule has 1 amide bonds. The van der Waals surface area contributed by atoms with E-state index in [1.165, 1.54) is 6.42 Å². The van der Waals surface area contributed by atoms with Crippen molar-refractivity contribution in [2.24, 2.45) is 28.9 Å². The molecule has 2 aliphatic carbocycles. The number of likely N-dealkylation sites (tertiary alicyclic amines) is 1. The molecule has 3 rings (SSSR count). The first-order chi connectivity index (χ1) is 8.05. The second kappa shape index (κ2) is 4.68. The Bertz CT molecular complexity index is 349. The van der Waals surface area contributed by atoms with Gasteiger partial charge in [-0.15, -0.1) is 12.4 Å². The van der Waals surface area contributed by atoms with Gasteiger partial charge in [-0.3, -0.25) is 4.79 Å². The van der Waals surface area contributed by atoms with Crippen LogP contribution < -0.4 is 5.73 Å². The second-order valence-electron chi connectivity index (χ2n) is 6.67. The smallest absolute Gasteiger partial charge is 0.226 e. The van der Waals surface area contributed by atoms with Gasteiger partial charge in [-0.1, -0.05) is 13.8 Å². The molecule has 0 spiro atoms. The molecule has 0 bridgehead atoms. The molecule has 0 aromatic heterocycles. The lowest BCUT2D eigenvalue weighted by molar-refractivity contribution is -0.132. The van der Waals surface area contributed by atoms with Crippen LogP contribution in [0.15, 0.2) is 0 Å². The summed E-state index contributed by atoms with van der Waals surface area (Å²) in [6.45, 7) is 6.36. The van der Waals surface area contributed by atoms with Gasteiger partial charge < -0.3 is 10.6 Å². The number of rotatable bonds is 2. The first-order valence-corrected chi connectivity index (χ1v) is 7.09. The zero-order chi connectivity index (χ0) is 12.2. The number of nitrogens with two attached hydrogens (primary N) is 1. The van der Waals surface area contributed by atoms with E-state index >= 15 is 0 Å². The lowest BCUT2D eigenvalue weighted by Crippen LogP contribution is -2.35. The number of fused-ring (bicyclic) bond motifs is 1. The number of hydrogen-bond donors (Lipinski definition) is 1. The summed E-state index contributed by atoms with van der Waals surface area (Å²) in [5.41, 5.74) is 6.42. The molecule has 1 aliphatic heterocycles. The minimum Gasteiger partial charge on any atom is -0.342 e. The SMILES string of the molecule is CCC1(C)CC1C(=O)N1CC2CCC(N)C2C1.Cl. The van der Waals surface area contributed by atoms with Gasteiger partial charge in [-0.05, 0) is 42.9 Å². The molecule has 1 saturated heterocycles. The van der Waals surface area contributed by atoms with E-state index in [9.17, 15) is 4.79 Å². The Morgan fingerprint density at radius 1 is 1.39 bits per heavy atom. The normalized spacial score (nSPS) is 45.6. The fraction of sp³-hybridized carbons (Fsp3) is 0.929. The fourth-order valence-corrected chi connectivity index (χ4v) is 3.89. The third-order valence-corrected chi connectivity index (χ3v) is 5.68. The van der Waals surface area contributed by atoms with Crippen LogP contribution in [0, 0.1) is 23.2 Å². The highest BCUT2D eigenvalue weighted by molar-refractivity contribution is 5.85. The fourth-order valence-electron chi connectivity index (χ4n) is 3.89. The van der Waals surface area contributed by atoms with Crippen molar-refractivity contribution in [1.29, 1.82) is 0 Å². The molecule has 0 radical (unpaired) electrons. The number of amides is 1. The van der Waals surface area contributed by atoms with Crippen molar-refractivity contribution in [3.05, 3.63) is 0 Å². The van der Waals surface area contributed by atoms with Gasteiger partial charge in [0.1, 0.15) is 0 Å². The topological polar surface area (TPSA) is 46.3 Å². The Labute approximate surface area is 116 Å². The Morgan fingerprint density at radius 2 is 2.11 bits per heavy atom. The van der Waals surface area contributed by atoms with Crippen molar-refractivity contribution in [3.63, 3.8) is 0 Å². The van der Waals surface area contributed by atoms with Crippen molar-refractivity contribution in [3.8, 4) is 0 Å². The minimum atomic E-state index is 0. The summed E-state index contributed by atoms with van der Waals surface area (Å²) in [4.78, 5) is 14.5. The molecular formula is C14H25ClN2O. The van der Waals surface area contributed by atoms with Crippen LogP contribution in [0.2, 0.25) is 0 Å². The predicted molar refractivity (Wildman–Crippen MR) is 74.5 cm³/mol. The molecule has 0 aromatic rings. The van der Waals surface area contributed by atoms with Gasteiger partial charge in [0.25, 0.3) is 0 Å². The monoisotopic (exact) mass is 272 g/mol. The van der Waals surface area contributed by atoms with Gasteiger partial charge in [0, 0.05) is 25.0 Å². The lowest BCUT2D eigenvalue weighted by atomic mass is 9.98. The van der Waals surface area contributed by atoms with Crippen molar-refractivity contribution >= 4 is 18.3 Å². The molecular weight excluding hydrogens is 248 g/mol. The predicted octanol–water partition coefficient (Wildman–Crippen LogP) is 2.04. The number of nitrogens with zero attached hydrogens (tertiary/aromatic N) is 1. The standard InChI is InChI=1S/C14H24N2O.ClH/c1-3-14(2)6-11(14)13(17)16-7-9-4-5-12(15)10(9)8-16;/h9-12H,3-8,15H2,1-2H3;1H. The molecule has 3 fully saturated rings. The zero-order valence-electron chi connectivity index (χ0n) is 11.4. The minimum absolute atomic E-state index is 0. The molecule has 2 saturated carbocycles. The number of hydrogen-bond acceptors (Lipinski definition) is 2. The van der Waals surface area contributed by atoms with Crippen LogP contribution in [0.1, 0.15) is 39.5 Å². The lowest BCUT2D eigenvalue weighted by Gasteiger charge is -2.20. The van der Waals surface area contributed by atoms with E-state index in [0.717, 1.165) is 32.4 Å². The molecule has 3 aliphatic rings. The van der Waals surface area contributed by atoms with E-state index in [1.54, 1.807) is 0 Å². The molecule has 0 aromatic carbocycles. The number of carbonyl (C=O) groups excluding carboxylic acids is 1. The Kier molecular flexibility index (Phi) is 3.67. The Hall–Kier alpha value is -0.280. The maximum absolute atomic E-state index is 12.4. The average Bonchev–Trinajstić information content (AvgIpc) is 2.69. The van der Waals surface area contributed by atoms with Gasteiger partial charge in [0.15, 0.2) is 0 Å². The molecule has 1 heterocycles. The van der Waals surface area contributed by atoms with E-state index in [4.69, 9.17) is 5.73 Å². The Morgan fingerprint density at radius 3 is 2.67 bits per heavy atom. The van der Waals surface area contributed by atoms with Crippen molar-refractivity contribution < 1.29 is 4.79 Å². The van der Waals surface area contributed by atoms with E-state index in [2.05, 4.69) is 18.7 Å². The molecule has 5 unspecified atom stereocenters. The average molecular weight is 273 g/mol. The third-order valence-electron chi connectivity index (χ3n) is 5.68. The van der Waals surface area contributed by atoms with E-state index in [1.807, 2.05) is 0 Å². The van der Waals surface area contributed by atoms with Crippen LogP contribution in [0.4, 0.5) is 0 Å². The van der Waals surface area contributed by atoms with Crippen LogP contribution >= 0.6 is 12.4 Å². The summed E-state index contributed by atoms with van der Waals surface area (Å²) >= 11 is 0. The summed E-state index contributed by atoms with van der Waals surface area (Å²) in [5.74, 6) is 2.00. The van der Waals surface area contributed by atoms with E-state index in [-0.39, 0.29) is 12.4 Å². The Balaban J connectivity index is 0.00000120. The third kappa shape index (κ3) is 2.05. The van der Waals surface area contributed by atoms with E-state index < -0.39 is 0 Å². The number of carbonyl (C=O) groups is 1. The van der Waals surface area contributed by atoms with Gasteiger partial charge in [0.2, 0.25) is 5.91 Å². The summed E-state index contributed by atoms with van der Waals surface area (Å²) in [6.07, 6.45) is 4.61. The van der Waals surface area contributed by atoms with Crippen LogP contribution in [0.5, 0.6) is 0 Å². The zero-order valence-corrected chi connectivity index (χ0v) is 12.2. The molecule has 4 heteroatoms. The molecule has 104 valence electrons. The summed E-state index contributed by atoms with van der Waals surface area (Å²) < 4.78 is 0. The van der Waals surface area contributed by atoms with Crippen LogP contribution in [0.25, 0.3) is 0 Å². The second-order valence-corrected chi connectivity index (χ2v) is 6.67. The molecule has 18 heavy (non-hydrogen) atoms. The van der Waals surface area contributed by atoms with Gasteiger partial charge in [-0.2, -0.15) is 0 Å². The van der Waals surface area contributed by atoms with Crippen LogP contribution in [0.3, 0.4) is 0 Å². The first-order valence-electron chi connectivity index (χ1n) is 7.09.